The largest absolute Gasteiger partial charge is 0.346 e. The Morgan fingerprint density at radius 3 is 2.44 bits per heavy atom. The Hall–Kier alpha value is -3.35. The van der Waals surface area contributed by atoms with Crippen LogP contribution in [0.3, 0.4) is 0 Å². The summed E-state index contributed by atoms with van der Waals surface area (Å²) in [6, 6.07) is 26.0. The van der Waals surface area contributed by atoms with Crippen LogP contribution < -0.4 is 15.5 Å². The molecule has 3 N–H and O–H groups in total. The topological polar surface area (TPSA) is 62.6 Å². The highest BCUT2D eigenvalue weighted by Crippen LogP contribution is 2.38. The third-order valence-electron chi connectivity index (χ3n) is 5.87. The Morgan fingerprint density at radius 1 is 1.00 bits per heavy atom. The summed E-state index contributed by atoms with van der Waals surface area (Å²) in [7, 11) is 0. The second-order valence-electron chi connectivity index (χ2n) is 8.66. The molecule has 1 aliphatic rings. The van der Waals surface area contributed by atoms with E-state index in [0.29, 0.717) is 23.1 Å². The number of hydrogen-bond donors (Lipinski definition) is 3. The van der Waals surface area contributed by atoms with Crippen molar-refractivity contribution in [1.29, 1.82) is 0 Å². The molecule has 0 aromatic heterocycles. The van der Waals surface area contributed by atoms with Gasteiger partial charge in [0, 0.05) is 16.0 Å². The molecule has 34 heavy (non-hydrogen) atoms. The van der Waals surface area contributed by atoms with Crippen LogP contribution >= 0.6 is 11.8 Å². The lowest BCUT2D eigenvalue weighted by Crippen LogP contribution is -3.14. The van der Waals surface area contributed by atoms with E-state index in [1.807, 2.05) is 48.5 Å². The van der Waals surface area contributed by atoms with Gasteiger partial charge in [-0.2, -0.15) is 0 Å². The summed E-state index contributed by atoms with van der Waals surface area (Å²) in [6.07, 6.45) is 1.85. The molecule has 3 aromatic rings. The number of fused-ring (bicyclic) bond motifs is 1. The third-order valence-corrected chi connectivity index (χ3v) is 6.97. The fraction of sp³-hybridized carbons (Fsp3) is 0.214. The number of hydrogen-bond acceptors (Lipinski definition) is 3. The molecular formula is C28H30N3O2S+. The lowest BCUT2D eigenvalue weighted by molar-refractivity contribution is -0.933. The molecule has 174 valence electrons. The van der Waals surface area contributed by atoms with Gasteiger partial charge in [0.2, 0.25) is 0 Å². The van der Waals surface area contributed by atoms with Crippen LogP contribution in [0.4, 0.5) is 5.69 Å². The summed E-state index contributed by atoms with van der Waals surface area (Å²) in [4.78, 5) is 28.1. The maximum atomic E-state index is 12.6. The molecular weight excluding hydrogens is 442 g/mol. The van der Waals surface area contributed by atoms with Crippen LogP contribution in [0.5, 0.6) is 0 Å². The van der Waals surface area contributed by atoms with E-state index in [4.69, 9.17) is 0 Å². The fourth-order valence-electron chi connectivity index (χ4n) is 3.86. The van der Waals surface area contributed by atoms with E-state index >= 15 is 0 Å². The van der Waals surface area contributed by atoms with E-state index in [-0.39, 0.29) is 11.8 Å². The minimum Gasteiger partial charge on any atom is -0.346 e. The molecule has 0 fully saturated rings. The monoisotopic (exact) mass is 472 g/mol. The van der Waals surface area contributed by atoms with Gasteiger partial charge in [0.15, 0.2) is 0 Å². The first kappa shape index (κ1) is 23.8. The number of anilines is 1. The second-order valence-corrected chi connectivity index (χ2v) is 9.75. The number of benzene rings is 3. The van der Waals surface area contributed by atoms with Crippen molar-refractivity contribution < 1.29 is 14.5 Å². The first-order chi connectivity index (χ1) is 16.5. The van der Waals surface area contributed by atoms with Crippen molar-refractivity contribution in [2.75, 3.05) is 18.4 Å². The Bertz CT molecular complexity index is 1170. The minimum atomic E-state index is -0.113. The number of thioether (sulfide) groups is 1. The molecule has 4 rings (SSSR count). The molecule has 1 atom stereocenters. The van der Waals surface area contributed by atoms with Gasteiger partial charge in [-0.05, 0) is 49.8 Å². The number of amides is 2. The smallest absolute Gasteiger partial charge is 0.262 e. The van der Waals surface area contributed by atoms with E-state index < -0.39 is 0 Å². The maximum Gasteiger partial charge on any atom is 0.262 e. The van der Waals surface area contributed by atoms with E-state index in [0.717, 1.165) is 29.2 Å². The van der Waals surface area contributed by atoms with E-state index in [9.17, 15) is 9.59 Å². The van der Waals surface area contributed by atoms with E-state index in [1.54, 1.807) is 12.1 Å². The Balaban J connectivity index is 1.32. The van der Waals surface area contributed by atoms with Crippen molar-refractivity contribution in [3.05, 3.63) is 100 Å². The van der Waals surface area contributed by atoms with Gasteiger partial charge in [0.05, 0.1) is 29.7 Å². The number of rotatable bonds is 8. The maximum absolute atomic E-state index is 12.6. The second kappa shape index (κ2) is 11.2. The zero-order valence-corrected chi connectivity index (χ0v) is 20.3. The van der Waals surface area contributed by atoms with Crippen LogP contribution in [0.25, 0.3) is 6.08 Å². The first-order valence-electron chi connectivity index (χ1n) is 11.6. The quantitative estimate of drug-likeness (QED) is 0.435. The van der Waals surface area contributed by atoms with Crippen LogP contribution in [0.1, 0.15) is 35.3 Å². The fourth-order valence-corrected chi connectivity index (χ4v) is 4.81. The SMILES string of the molecule is CC(C)[NH+](CCNC(=O)c1ccc(C=C2Sc3ccccc3NC2=O)cc1)Cc1ccccc1. The molecule has 0 radical (unpaired) electrons. The molecule has 3 aromatic carbocycles. The van der Waals surface area contributed by atoms with Gasteiger partial charge in [-0.15, -0.1) is 0 Å². The molecule has 0 aliphatic carbocycles. The molecule has 1 unspecified atom stereocenters. The molecule has 0 saturated carbocycles. The number of carbonyl (C=O) groups is 2. The summed E-state index contributed by atoms with van der Waals surface area (Å²) in [6.45, 7) is 6.82. The lowest BCUT2D eigenvalue weighted by atomic mass is 10.1. The Morgan fingerprint density at radius 2 is 1.71 bits per heavy atom. The predicted molar refractivity (Wildman–Crippen MR) is 139 cm³/mol. The summed E-state index contributed by atoms with van der Waals surface area (Å²) < 4.78 is 0. The van der Waals surface area contributed by atoms with Crippen molar-refractivity contribution in [3.63, 3.8) is 0 Å². The molecule has 0 bridgehead atoms. The van der Waals surface area contributed by atoms with Crippen molar-refractivity contribution in [2.45, 2.75) is 31.3 Å². The number of para-hydroxylation sites is 1. The number of quaternary nitrogens is 1. The highest BCUT2D eigenvalue weighted by Gasteiger charge is 2.20. The molecule has 5 nitrogen and oxygen atoms in total. The van der Waals surface area contributed by atoms with Crippen LogP contribution in [-0.2, 0) is 11.3 Å². The van der Waals surface area contributed by atoms with Crippen LogP contribution in [0, 0.1) is 0 Å². The summed E-state index contributed by atoms with van der Waals surface area (Å²) in [5.41, 5.74) is 3.63. The van der Waals surface area contributed by atoms with Gasteiger partial charge in [-0.25, -0.2) is 0 Å². The molecule has 0 saturated heterocycles. The zero-order valence-electron chi connectivity index (χ0n) is 19.5. The minimum absolute atomic E-state index is 0.0827. The number of carbonyl (C=O) groups excluding carboxylic acids is 2. The molecule has 6 heteroatoms. The first-order valence-corrected chi connectivity index (χ1v) is 12.4. The van der Waals surface area contributed by atoms with Gasteiger partial charge in [-0.3, -0.25) is 9.59 Å². The standard InChI is InChI=1S/C28H29N3O2S/c1-20(2)31(19-22-8-4-3-5-9-22)17-16-29-27(32)23-14-12-21(13-15-23)18-26-28(33)30-24-10-6-7-11-25(24)34-26/h3-15,18,20H,16-17,19H2,1-2H3,(H,29,32)(H,30,33)/p+1. The van der Waals surface area contributed by atoms with Crippen molar-refractivity contribution in [2.24, 2.45) is 0 Å². The molecule has 2 amide bonds. The summed E-state index contributed by atoms with van der Waals surface area (Å²) >= 11 is 1.45. The summed E-state index contributed by atoms with van der Waals surface area (Å²) in [5.74, 6) is -0.195. The van der Waals surface area contributed by atoms with Gasteiger partial charge in [0.1, 0.15) is 6.54 Å². The highest BCUT2D eigenvalue weighted by atomic mass is 32.2. The third kappa shape index (κ3) is 6.16. The Kier molecular flexibility index (Phi) is 7.83. The van der Waals surface area contributed by atoms with E-state index in [1.165, 1.54) is 22.2 Å². The van der Waals surface area contributed by atoms with E-state index in [2.05, 4.69) is 48.7 Å². The molecule has 1 heterocycles. The Labute approximate surface area is 205 Å². The van der Waals surface area contributed by atoms with Crippen LogP contribution in [-0.4, -0.2) is 30.9 Å². The highest BCUT2D eigenvalue weighted by molar-refractivity contribution is 8.04. The van der Waals surface area contributed by atoms with Gasteiger partial charge >= 0.3 is 0 Å². The summed E-state index contributed by atoms with van der Waals surface area (Å²) in [5, 5.41) is 5.97. The average molecular weight is 473 g/mol. The van der Waals surface area contributed by atoms with Gasteiger partial charge < -0.3 is 15.5 Å². The normalized spacial score (nSPS) is 15.0. The van der Waals surface area contributed by atoms with Crippen molar-refractivity contribution in [1.82, 2.24) is 5.32 Å². The van der Waals surface area contributed by atoms with Gasteiger partial charge in [-0.1, -0.05) is 66.4 Å². The lowest BCUT2D eigenvalue weighted by Gasteiger charge is -2.23. The zero-order chi connectivity index (χ0) is 23.9. The van der Waals surface area contributed by atoms with Crippen LogP contribution in [0.15, 0.2) is 88.7 Å². The van der Waals surface area contributed by atoms with Crippen LogP contribution in [0.2, 0.25) is 0 Å². The number of nitrogens with one attached hydrogen (secondary N) is 3. The van der Waals surface area contributed by atoms with Gasteiger partial charge in [0.25, 0.3) is 11.8 Å². The predicted octanol–water partition coefficient (Wildman–Crippen LogP) is 4.00. The van der Waals surface area contributed by atoms with Crippen molar-refractivity contribution in [3.8, 4) is 0 Å². The molecule has 0 spiro atoms. The van der Waals surface area contributed by atoms with Crippen molar-refractivity contribution >= 4 is 35.3 Å². The average Bonchev–Trinajstić information content (AvgIpc) is 2.85. The molecule has 1 aliphatic heterocycles.